The summed E-state index contributed by atoms with van der Waals surface area (Å²) < 4.78 is 0. The van der Waals surface area contributed by atoms with Crippen LogP contribution in [0.2, 0.25) is 0 Å². The molecule has 0 rings (SSSR count). The van der Waals surface area contributed by atoms with Crippen LogP contribution >= 0.6 is 0 Å². The molecule has 0 spiro atoms. The van der Waals surface area contributed by atoms with E-state index in [0.717, 1.165) is 0 Å². The van der Waals surface area contributed by atoms with E-state index in [0.29, 0.717) is 0 Å². The second kappa shape index (κ2) is 5.23. The summed E-state index contributed by atoms with van der Waals surface area (Å²) in [5.74, 6) is -0.782. The molecule has 0 aromatic heterocycles. The van der Waals surface area contributed by atoms with Crippen LogP contribution in [0.15, 0.2) is 0 Å². The van der Waals surface area contributed by atoms with Crippen LogP contribution in [0.25, 0.3) is 0 Å². The first-order valence-corrected chi connectivity index (χ1v) is 2.45. The van der Waals surface area contributed by atoms with Gasteiger partial charge in [-0.05, 0) is 21.0 Å². The van der Waals surface area contributed by atoms with E-state index in [9.17, 15) is 4.79 Å². The van der Waals surface area contributed by atoms with E-state index < -0.39 is 5.97 Å². The Morgan fingerprint density at radius 1 is 1.67 bits per heavy atom. The SMILES string of the molecule is CC(C(=O)O)N(C)C.[H-].[Na+]. The Morgan fingerprint density at radius 2 is 2.00 bits per heavy atom. The molecule has 50 valence electrons. The normalized spacial score (nSPS) is 12.4. The Labute approximate surface area is 78.8 Å². The summed E-state index contributed by atoms with van der Waals surface area (Å²) in [5, 5.41) is 8.31. The monoisotopic (exact) mass is 141 g/mol. The zero-order chi connectivity index (χ0) is 6.73. The molecule has 0 fully saturated rings. The summed E-state index contributed by atoms with van der Waals surface area (Å²) in [6, 6.07) is -0.380. The summed E-state index contributed by atoms with van der Waals surface area (Å²) in [5.41, 5.74) is 0. The predicted octanol–water partition coefficient (Wildman–Crippen LogP) is -2.86. The molecule has 0 amide bonds. The summed E-state index contributed by atoms with van der Waals surface area (Å²) in [7, 11) is 3.47. The Balaban J connectivity index is -0.000000245. The molecule has 3 nitrogen and oxygen atoms in total. The minimum absolute atomic E-state index is 0. The number of hydrogen-bond donors (Lipinski definition) is 1. The van der Waals surface area contributed by atoms with Gasteiger partial charge in [0.2, 0.25) is 0 Å². The van der Waals surface area contributed by atoms with Gasteiger partial charge in [0.25, 0.3) is 0 Å². The standard InChI is InChI=1S/C5H11NO2.Na.H/c1-4(5(7)8)6(2)3;;/h4H,1-3H3,(H,7,8);;/q;+1;-1. The Kier molecular flexibility index (Phi) is 7.06. The van der Waals surface area contributed by atoms with Gasteiger partial charge in [0.05, 0.1) is 0 Å². The molecule has 0 radical (unpaired) electrons. The van der Waals surface area contributed by atoms with Crippen molar-refractivity contribution in [1.29, 1.82) is 0 Å². The fourth-order valence-electron chi connectivity index (χ4n) is 0.221. The predicted molar refractivity (Wildman–Crippen MR) is 31.9 cm³/mol. The number of aliphatic carboxylic acids is 1. The molecule has 0 aliphatic rings. The van der Waals surface area contributed by atoms with Crippen molar-refractivity contribution in [1.82, 2.24) is 4.90 Å². The topological polar surface area (TPSA) is 40.5 Å². The number of likely N-dealkylation sites (N-methyl/N-ethyl adjacent to an activating group) is 1. The quantitative estimate of drug-likeness (QED) is 0.420. The third-order valence-corrected chi connectivity index (χ3v) is 1.13. The van der Waals surface area contributed by atoms with Gasteiger partial charge < -0.3 is 6.53 Å². The average Bonchev–Trinajstić information content (AvgIpc) is 1.64. The van der Waals surface area contributed by atoms with Gasteiger partial charge in [-0.3, -0.25) is 9.69 Å². The van der Waals surface area contributed by atoms with Gasteiger partial charge in [-0.2, -0.15) is 0 Å². The fourth-order valence-corrected chi connectivity index (χ4v) is 0.221. The van der Waals surface area contributed by atoms with Gasteiger partial charge in [0.1, 0.15) is 6.04 Å². The van der Waals surface area contributed by atoms with Crippen molar-refractivity contribution in [3.63, 3.8) is 0 Å². The van der Waals surface area contributed by atoms with Crippen molar-refractivity contribution >= 4 is 5.97 Å². The number of nitrogens with zero attached hydrogens (tertiary/aromatic N) is 1. The van der Waals surface area contributed by atoms with E-state index in [1.807, 2.05) is 0 Å². The summed E-state index contributed by atoms with van der Waals surface area (Å²) in [6.07, 6.45) is 0. The smallest absolute Gasteiger partial charge is 1.00 e. The van der Waals surface area contributed by atoms with Crippen LogP contribution in [0.3, 0.4) is 0 Å². The number of hydrogen-bond acceptors (Lipinski definition) is 2. The molecule has 0 aliphatic heterocycles. The fraction of sp³-hybridized carbons (Fsp3) is 0.800. The van der Waals surface area contributed by atoms with Crippen molar-refractivity contribution in [3.8, 4) is 0 Å². The molecular weight excluding hydrogens is 129 g/mol. The zero-order valence-corrected chi connectivity index (χ0v) is 8.38. The van der Waals surface area contributed by atoms with Crippen molar-refractivity contribution in [2.24, 2.45) is 0 Å². The van der Waals surface area contributed by atoms with E-state index in [1.54, 1.807) is 25.9 Å². The molecule has 0 aliphatic carbocycles. The first kappa shape index (κ1) is 12.1. The van der Waals surface area contributed by atoms with Crippen molar-refractivity contribution < 1.29 is 40.9 Å². The molecule has 0 bridgehead atoms. The second-order valence-electron chi connectivity index (χ2n) is 1.98. The van der Waals surface area contributed by atoms with Gasteiger partial charge in [-0.25, -0.2) is 0 Å². The number of carbonyl (C=O) groups is 1. The zero-order valence-electron chi connectivity index (χ0n) is 7.38. The van der Waals surface area contributed by atoms with E-state index in [1.165, 1.54) is 0 Å². The van der Waals surface area contributed by atoms with Crippen molar-refractivity contribution in [2.45, 2.75) is 13.0 Å². The van der Waals surface area contributed by atoms with E-state index in [2.05, 4.69) is 0 Å². The summed E-state index contributed by atoms with van der Waals surface area (Å²) in [4.78, 5) is 11.7. The molecule has 0 aromatic rings. The molecule has 0 saturated heterocycles. The molecule has 0 heterocycles. The van der Waals surface area contributed by atoms with Gasteiger partial charge in [0, 0.05) is 0 Å². The van der Waals surface area contributed by atoms with E-state index >= 15 is 0 Å². The molecule has 1 atom stereocenters. The average molecular weight is 141 g/mol. The first-order chi connectivity index (χ1) is 3.55. The largest absolute Gasteiger partial charge is 1.00 e. The summed E-state index contributed by atoms with van der Waals surface area (Å²) in [6.45, 7) is 1.64. The maximum atomic E-state index is 10.1. The third kappa shape index (κ3) is 4.90. The maximum absolute atomic E-state index is 10.1. The Bertz CT molecular complexity index is 99.6. The molecule has 0 aromatic carbocycles. The second-order valence-corrected chi connectivity index (χ2v) is 1.98. The molecule has 4 heteroatoms. The van der Waals surface area contributed by atoms with Crippen LogP contribution in [0.4, 0.5) is 0 Å². The molecule has 9 heavy (non-hydrogen) atoms. The van der Waals surface area contributed by atoms with E-state index in [-0.39, 0.29) is 37.0 Å². The number of rotatable bonds is 2. The van der Waals surface area contributed by atoms with Crippen LogP contribution < -0.4 is 29.6 Å². The van der Waals surface area contributed by atoms with Gasteiger partial charge in [0.15, 0.2) is 0 Å². The van der Waals surface area contributed by atoms with Gasteiger partial charge in [-0.1, -0.05) is 0 Å². The van der Waals surface area contributed by atoms with Crippen LogP contribution in [-0.4, -0.2) is 36.1 Å². The van der Waals surface area contributed by atoms with Gasteiger partial charge >= 0.3 is 35.5 Å². The first-order valence-electron chi connectivity index (χ1n) is 2.45. The minimum atomic E-state index is -0.782. The molecule has 1 unspecified atom stereocenters. The summed E-state index contributed by atoms with van der Waals surface area (Å²) >= 11 is 0. The van der Waals surface area contributed by atoms with E-state index in [4.69, 9.17) is 5.11 Å². The van der Waals surface area contributed by atoms with Crippen LogP contribution in [0.1, 0.15) is 8.35 Å². The number of carboxylic acids is 1. The Hall–Kier alpha value is 0.430. The maximum Gasteiger partial charge on any atom is 1.00 e. The van der Waals surface area contributed by atoms with Crippen LogP contribution in [-0.2, 0) is 4.79 Å². The van der Waals surface area contributed by atoms with Gasteiger partial charge in [-0.15, -0.1) is 0 Å². The number of carboxylic acid groups (broad SMARTS) is 1. The van der Waals surface area contributed by atoms with Crippen LogP contribution in [0, 0.1) is 0 Å². The molecule has 0 saturated carbocycles. The van der Waals surface area contributed by atoms with Crippen molar-refractivity contribution in [2.75, 3.05) is 14.1 Å². The van der Waals surface area contributed by atoms with Crippen molar-refractivity contribution in [3.05, 3.63) is 0 Å². The van der Waals surface area contributed by atoms with Crippen LogP contribution in [0.5, 0.6) is 0 Å². The Morgan fingerprint density at radius 3 is 2.00 bits per heavy atom. The minimum Gasteiger partial charge on any atom is -1.00 e. The molecule has 1 N–H and O–H groups in total. The molecular formula is C5H12NNaO2. The third-order valence-electron chi connectivity index (χ3n) is 1.13.